The molecule has 1 rings (SSSR count). The number of hydrogen-bond donors (Lipinski definition) is 1. The second-order valence-electron chi connectivity index (χ2n) is 5.72. The van der Waals surface area contributed by atoms with Crippen LogP contribution in [-0.2, 0) is 11.3 Å². The van der Waals surface area contributed by atoms with Crippen molar-refractivity contribution in [3.63, 3.8) is 0 Å². The zero-order valence-corrected chi connectivity index (χ0v) is 12.9. The minimum Gasteiger partial charge on any atom is -0.468 e. The number of ether oxygens (including phenoxy) is 1. The summed E-state index contributed by atoms with van der Waals surface area (Å²) >= 11 is 0. The van der Waals surface area contributed by atoms with Crippen molar-refractivity contribution in [1.82, 2.24) is 10.2 Å². The lowest BCUT2D eigenvalue weighted by molar-refractivity contribution is 0.0251. The molecule has 0 aromatic carbocycles. The second-order valence-corrected chi connectivity index (χ2v) is 5.72. The minimum absolute atomic E-state index is 0.251. The van der Waals surface area contributed by atoms with Crippen molar-refractivity contribution in [2.45, 2.75) is 46.3 Å². The molecular weight excluding hydrogens is 256 g/mol. The van der Waals surface area contributed by atoms with Crippen molar-refractivity contribution in [3.05, 3.63) is 24.2 Å². The number of hydrogen-bond acceptors (Lipinski definition) is 4. The van der Waals surface area contributed by atoms with Gasteiger partial charge < -0.3 is 19.4 Å². The molecule has 1 amide bonds. The van der Waals surface area contributed by atoms with Gasteiger partial charge in [0.05, 0.1) is 12.8 Å². The second kappa shape index (κ2) is 7.94. The summed E-state index contributed by atoms with van der Waals surface area (Å²) in [5, 5.41) is 3.25. The van der Waals surface area contributed by atoms with E-state index >= 15 is 0 Å². The zero-order valence-electron chi connectivity index (χ0n) is 12.9. The van der Waals surface area contributed by atoms with Crippen LogP contribution in [-0.4, -0.2) is 36.2 Å². The van der Waals surface area contributed by atoms with E-state index in [1.807, 2.05) is 39.8 Å². The first kappa shape index (κ1) is 16.6. The topological polar surface area (TPSA) is 54.7 Å². The van der Waals surface area contributed by atoms with Crippen LogP contribution in [0.25, 0.3) is 0 Å². The molecule has 0 saturated heterocycles. The Morgan fingerprint density at radius 2 is 2.15 bits per heavy atom. The standard InChI is InChI=1S/C15H26N2O3/c1-5-9-17(14(18)20-15(2,3)4)10-8-16-12-13-7-6-11-19-13/h6-7,11,16H,5,8-10,12H2,1-4H3. The van der Waals surface area contributed by atoms with E-state index in [4.69, 9.17) is 9.15 Å². The van der Waals surface area contributed by atoms with Crippen LogP contribution in [0.4, 0.5) is 4.79 Å². The van der Waals surface area contributed by atoms with Crippen molar-refractivity contribution in [2.24, 2.45) is 0 Å². The molecule has 5 heteroatoms. The summed E-state index contributed by atoms with van der Waals surface area (Å²) in [5.74, 6) is 0.893. The van der Waals surface area contributed by atoms with Gasteiger partial charge in [-0.1, -0.05) is 6.92 Å². The highest BCUT2D eigenvalue weighted by molar-refractivity contribution is 5.68. The Morgan fingerprint density at radius 1 is 1.40 bits per heavy atom. The van der Waals surface area contributed by atoms with E-state index in [-0.39, 0.29) is 6.09 Å². The van der Waals surface area contributed by atoms with Crippen LogP contribution in [0.1, 0.15) is 39.9 Å². The lowest BCUT2D eigenvalue weighted by atomic mass is 10.2. The highest BCUT2D eigenvalue weighted by Gasteiger charge is 2.21. The summed E-state index contributed by atoms with van der Waals surface area (Å²) < 4.78 is 10.6. The van der Waals surface area contributed by atoms with Crippen LogP contribution < -0.4 is 5.32 Å². The molecule has 0 spiro atoms. The van der Waals surface area contributed by atoms with E-state index in [1.54, 1.807) is 11.2 Å². The molecule has 1 aromatic rings. The van der Waals surface area contributed by atoms with Crippen molar-refractivity contribution >= 4 is 6.09 Å². The summed E-state index contributed by atoms with van der Waals surface area (Å²) in [6, 6.07) is 3.78. The number of furan rings is 1. The Bertz CT molecular complexity index is 382. The maximum absolute atomic E-state index is 12.0. The first-order chi connectivity index (χ1) is 9.42. The van der Waals surface area contributed by atoms with Crippen molar-refractivity contribution in [1.29, 1.82) is 0 Å². The molecular formula is C15H26N2O3. The molecule has 1 aromatic heterocycles. The SMILES string of the molecule is CCCN(CCNCc1ccco1)C(=O)OC(C)(C)C. The minimum atomic E-state index is -0.454. The molecule has 1 heterocycles. The van der Waals surface area contributed by atoms with Crippen LogP contribution in [0.5, 0.6) is 0 Å². The maximum atomic E-state index is 12.0. The molecule has 114 valence electrons. The Balaban J connectivity index is 2.32. The molecule has 1 N–H and O–H groups in total. The lowest BCUT2D eigenvalue weighted by Crippen LogP contribution is -2.40. The normalized spacial score (nSPS) is 11.4. The molecule has 0 radical (unpaired) electrons. The van der Waals surface area contributed by atoms with E-state index in [0.717, 1.165) is 12.2 Å². The zero-order chi connectivity index (χ0) is 15.0. The molecule has 0 unspecified atom stereocenters. The summed E-state index contributed by atoms with van der Waals surface area (Å²) in [6.45, 7) is 10.4. The third-order valence-corrected chi connectivity index (χ3v) is 2.58. The fraction of sp³-hybridized carbons (Fsp3) is 0.667. The van der Waals surface area contributed by atoms with E-state index in [0.29, 0.717) is 26.2 Å². The van der Waals surface area contributed by atoms with Gasteiger partial charge in [-0.2, -0.15) is 0 Å². The number of nitrogens with zero attached hydrogens (tertiary/aromatic N) is 1. The van der Waals surface area contributed by atoms with Gasteiger partial charge in [0.2, 0.25) is 0 Å². The first-order valence-corrected chi connectivity index (χ1v) is 7.13. The molecule has 0 aliphatic heterocycles. The van der Waals surface area contributed by atoms with Gasteiger partial charge in [-0.3, -0.25) is 0 Å². The molecule has 0 bridgehead atoms. The van der Waals surface area contributed by atoms with E-state index < -0.39 is 5.60 Å². The third kappa shape index (κ3) is 6.61. The van der Waals surface area contributed by atoms with Gasteiger partial charge in [-0.05, 0) is 39.3 Å². The van der Waals surface area contributed by atoms with Crippen LogP contribution in [0.3, 0.4) is 0 Å². The van der Waals surface area contributed by atoms with E-state index in [9.17, 15) is 4.79 Å². The van der Waals surface area contributed by atoms with Crippen LogP contribution in [0.2, 0.25) is 0 Å². The van der Waals surface area contributed by atoms with Gasteiger partial charge in [-0.25, -0.2) is 4.79 Å². The van der Waals surface area contributed by atoms with Crippen LogP contribution in [0.15, 0.2) is 22.8 Å². The summed E-state index contributed by atoms with van der Waals surface area (Å²) in [7, 11) is 0. The average molecular weight is 282 g/mol. The summed E-state index contributed by atoms with van der Waals surface area (Å²) in [6.07, 6.45) is 2.32. The molecule has 0 atom stereocenters. The number of carbonyl (C=O) groups is 1. The number of nitrogens with one attached hydrogen (secondary N) is 1. The van der Waals surface area contributed by atoms with Gasteiger partial charge in [0.15, 0.2) is 0 Å². The number of amides is 1. The maximum Gasteiger partial charge on any atom is 0.410 e. The van der Waals surface area contributed by atoms with Gasteiger partial charge in [-0.15, -0.1) is 0 Å². The van der Waals surface area contributed by atoms with Gasteiger partial charge in [0, 0.05) is 19.6 Å². The first-order valence-electron chi connectivity index (χ1n) is 7.13. The molecule has 20 heavy (non-hydrogen) atoms. The Labute approximate surface area is 121 Å². The smallest absolute Gasteiger partial charge is 0.410 e. The van der Waals surface area contributed by atoms with Crippen molar-refractivity contribution in [3.8, 4) is 0 Å². The Morgan fingerprint density at radius 3 is 2.70 bits per heavy atom. The highest BCUT2D eigenvalue weighted by Crippen LogP contribution is 2.10. The third-order valence-electron chi connectivity index (χ3n) is 2.58. The Kier molecular flexibility index (Phi) is 6.58. The van der Waals surface area contributed by atoms with Crippen molar-refractivity contribution < 1.29 is 13.9 Å². The quantitative estimate of drug-likeness (QED) is 0.781. The largest absolute Gasteiger partial charge is 0.468 e. The van der Waals surface area contributed by atoms with Crippen LogP contribution in [0, 0.1) is 0 Å². The molecule has 0 aliphatic rings. The molecule has 0 saturated carbocycles. The summed E-state index contributed by atoms with van der Waals surface area (Å²) in [5.41, 5.74) is -0.454. The molecule has 5 nitrogen and oxygen atoms in total. The van der Waals surface area contributed by atoms with Gasteiger partial charge >= 0.3 is 6.09 Å². The fourth-order valence-corrected chi connectivity index (χ4v) is 1.73. The molecule has 0 fully saturated rings. The van der Waals surface area contributed by atoms with Crippen molar-refractivity contribution in [2.75, 3.05) is 19.6 Å². The Hall–Kier alpha value is -1.49. The molecule has 0 aliphatic carbocycles. The predicted molar refractivity (Wildman–Crippen MR) is 78.5 cm³/mol. The summed E-state index contributed by atoms with van der Waals surface area (Å²) in [4.78, 5) is 13.8. The van der Waals surface area contributed by atoms with E-state index in [1.165, 1.54) is 0 Å². The van der Waals surface area contributed by atoms with Gasteiger partial charge in [0.25, 0.3) is 0 Å². The average Bonchev–Trinajstić information content (AvgIpc) is 2.83. The van der Waals surface area contributed by atoms with Gasteiger partial charge in [0.1, 0.15) is 11.4 Å². The van der Waals surface area contributed by atoms with Crippen LogP contribution >= 0.6 is 0 Å². The predicted octanol–water partition coefficient (Wildman–Crippen LogP) is 3.02. The monoisotopic (exact) mass is 282 g/mol. The lowest BCUT2D eigenvalue weighted by Gasteiger charge is -2.27. The van der Waals surface area contributed by atoms with E-state index in [2.05, 4.69) is 5.32 Å². The number of carbonyl (C=O) groups excluding carboxylic acids is 1. The highest BCUT2D eigenvalue weighted by atomic mass is 16.6. The number of rotatable bonds is 7. The fourth-order valence-electron chi connectivity index (χ4n) is 1.73.